The van der Waals surface area contributed by atoms with Crippen molar-refractivity contribution in [1.82, 2.24) is 24.9 Å². The van der Waals surface area contributed by atoms with Gasteiger partial charge in [-0.1, -0.05) is 5.21 Å². The highest BCUT2D eigenvalue weighted by atomic mass is 16.5. The van der Waals surface area contributed by atoms with E-state index in [-0.39, 0.29) is 18.1 Å². The molecule has 7 nitrogen and oxygen atoms in total. The van der Waals surface area contributed by atoms with Gasteiger partial charge in [0.25, 0.3) is 5.91 Å². The Morgan fingerprint density at radius 3 is 3.05 bits per heavy atom. The number of nitrogens with zero attached hydrogens (tertiary/aromatic N) is 5. The van der Waals surface area contributed by atoms with Crippen LogP contribution >= 0.6 is 0 Å². The number of pyridine rings is 1. The zero-order valence-corrected chi connectivity index (χ0v) is 11.4. The molecular weight excluding hydrogens is 270 g/mol. The Kier molecular flexibility index (Phi) is 2.92. The number of hydrogen-bond acceptors (Lipinski definition) is 5. The first-order valence-electron chi connectivity index (χ1n) is 7.03. The van der Waals surface area contributed by atoms with Crippen molar-refractivity contribution in [3.63, 3.8) is 0 Å². The smallest absolute Gasteiger partial charge is 0.254 e. The largest absolute Gasteiger partial charge is 0.370 e. The summed E-state index contributed by atoms with van der Waals surface area (Å²) >= 11 is 0. The van der Waals surface area contributed by atoms with Crippen molar-refractivity contribution in [3.8, 4) is 0 Å². The van der Waals surface area contributed by atoms with Crippen LogP contribution in [0.2, 0.25) is 0 Å². The lowest BCUT2D eigenvalue weighted by molar-refractivity contribution is -0.0605. The molecule has 2 aliphatic rings. The van der Waals surface area contributed by atoms with E-state index in [0.717, 1.165) is 12.1 Å². The molecule has 2 aliphatic heterocycles. The molecule has 1 saturated heterocycles. The molecule has 0 aliphatic carbocycles. The van der Waals surface area contributed by atoms with Crippen molar-refractivity contribution in [2.24, 2.45) is 0 Å². The highest BCUT2D eigenvalue weighted by Gasteiger charge is 2.37. The van der Waals surface area contributed by atoms with Gasteiger partial charge in [-0.3, -0.25) is 9.78 Å². The maximum atomic E-state index is 12.5. The van der Waals surface area contributed by atoms with E-state index in [9.17, 15) is 4.79 Å². The summed E-state index contributed by atoms with van der Waals surface area (Å²) in [5.74, 6) is 0.0306. The zero-order chi connectivity index (χ0) is 14.2. The van der Waals surface area contributed by atoms with Crippen molar-refractivity contribution in [2.45, 2.75) is 25.2 Å². The predicted molar refractivity (Wildman–Crippen MR) is 72.4 cm³/mol. The molecule has 0 unspecified atom stereocenters. The fourth-order valence-corrected chi connectivity index (χ4v) is 3.04. The number of piperidine rings is 1. The second-order valence-corrected chi connectivity index (χ2v) is 5.36. The van der Waals surface area contributed by atoms with Crippen LogP contribution in [-0.2, 0) is 11.3 Å². The standard InChI is InChI=1S/C14H15N5O2/c20-14(10-1-4-15-5-2-10)18-6-3-13-12(8-18)19-11(9-21-13)7-16-17-19/h1-2,4-5,7,12-13H,3,6,8-9H2/t12-,13-/m0/s1. The van der Waals surface area contributed by atoms with E-state index in [1.54, 1.807) is 30.7 Å². The maximum Gasteiger partial charge on any atom is 0.254 e. The average Bonchev–Trinajstić information content (AvgIpc) is 3.03. The molecule has 7 heteroatoms. The first-order chi connectivity index (χ1) is 10.3. The molecule has 2 aromatic rings. The number of rotatable bonds is 1. The van der Waals surface area contributed by atoms with E-state index >= 15 is 0 Å². The summed E-state index contributed by atoms with van der Waals surface area (Å²) in [5, 5.41) is 8.09. The van der Waals surface area contributed by atoms with Crippen LogP contribution in [0.1, 0.15) is 28.5 Å². The van der Waals surface area contributed by atoms with Gasteiger partial charge in [0.15, 0.2) is 0 Å². The Labute approximate surface area is 121 Å². The lowest BCUT2D eigenvalue weighted by Gasteiger charge is -2.41. The van der Waals surface area contributed by atoms with E-state index in [1.165, 1.54) is 0 Å². The zero-order valence-electron chi connectivity index (χ0n) is 11.4. The minimum atomic E-state index is 0.0306. The van der Waals surface area contributed by atoms with Crippen molar-refractivity contribution in [3.05, 3.63) is 42.0 Å². The molecule has 2 aromatic heterocycles. The summed E-state index contributed by atoms with van der Waals surface area (Å²) in [5.41, 5.74) is 1.63. The van der Waals surface area contributed by atoms with Crippen LogP contribution in [0.25, 0.3) is 0 Å². The number of ether oxygens (including phenoxy) is 1. The molecule has 108 valence electrons. The second kappa shape index (κ2) is 4.92. The fourth-order valence-electron chi connectivity index (χ4n) is 3.04. The molecule has 0 aromatic carbocycles. The number of likely N-dealkylation sites (tertiary alicyclic amines) is 1. The first kappa shape index (κ1) is 12.5. The third-order valence-corrected chi connectivity index (χ3v) is 4.14. The fraction of sp³-hybridized carbons (Fsp3) is 0.429. The summed E-state index contributed by atoms with van der Waals surface area (Å²) in [6.45, 7) is 1.85. The lowest BCUT2D eigenvalue weighted by Crippen LogP contribution is -2.49. The lowest BCUT2D eigenvalue weighted by atomic mass is 9.99. The number of fused-ring (bicyclic) bond motifs is 3. The van der Waals surface area contributed by atoms with E-state index in [2.05, 4.69) is 15.3 Å². The number of aromatic nitrogens is 4. The van der Waals surface area contributed by atoms with Crippen LogP contribution in [0.3, 0.4) is 0 Å². The van der Waals surface area contributed by atoms with Crippen LogP contribution in [0.4, 0.5) is 0 Å². The molecule has 0 saturated carbocycles. The summed E-state index contributed by atoms with van der Waals surface area (Å²) in [7, 11) is 0. The van der Waals surface area contributed by atoms with Crippen molar-refractivity contribution >= 4 is 5.91 Å². The Morgan fingerprint density at radius 1 is 1.33 bits per heavy atom. The SMILES string of the molecule is O=C(c1ccncc1)N1CC[C@@H]2OCc3cnnn3[C@H]2C1. The average molecular weight is 285 g/mol. The van der Waals surface area contributed by atoms with Gasteiger partial charge in [-0.25, -0.2) is 4.68 Å². The molecule has 4 heterocycles. The minimum absolute atomic E-state index is 0.0306. The van der Waals surface area contributed by atoms with Gasteiger partial charge < -0.3 is 9.64 Å². The highest BCUT2D eigenvalue weighted by molar-refractivity contribution is 5.94. The van der Waals surface area contributed by atoms with E-state index in [4.69, 9.17) is 4.74 Å². The highest BCUT2D eigenvalue weighted by Crippen LogP contribution is 2.30. The Balaban J connectivity index is 1.58. The number of carbonyl (C=O) groups excluding carboxylic acids is 1. The Bertz CT molecular complexity index is 656. The van der Waals surface area contributed by atoms with E-state index < -0.39 is 0 Å². The first-order valence-corrected chi connectivity index (χ1v) is 7.03. The maximum absolute atomic E-state index is 12.5. The molecule has 1 fully saturated rings. The molecular formula is C14H15N5O2. The van der Waals surface area contributed by atoms with Gasteiger partial charge in [0, 0.05) is 31.0 Å². The molecule has 2 atom stereocenters. The van der Waals surface area contributed by atoms with Gasteiger partial charge in [0.2, 0.25) is 0 Å². The minimum Gasteiger partial charge on any atom is -0.370 e. The van der Waals surface area contributed by atoms with Gasteiger partial charge in [0.1, 0.15) is 0 Å². The van der Waals surface area contributed by atoms with E-state index in [0.29, 0.717) is 25.3 Å². The Morgan fingerprint density at radius 2 is 2.19 bits per heavy atom. The molecule has 0 spiro atoms. The molecule has 0 N–H and O–H groups in total. The molecule has 1 amide bonds. The normalized spacial score (nSPS) is 24.3. The van der Waals surface area contributed by atoms with Crippen LogP contribution in [0.15, 0.2) is 30.7 Å². The molecule has 4 rings (SSSR count). The Hall–Kier alpha value is -2.28. The van der Waals surface area contributed by atoms with Crippen LogP contribution in [0.5, 0.6) is 0 Å². The van der Waals surface area contributed by atoms with Crippen LogP contribution in [-0.4, -0.2) is 50.0 Å². The topological polar surface area (TPSA) is 73.1 Å². The summed E-state index contributed by atoms with van der Waals surface area (Å²) in [6.07, 6.45) is 5.93. The van der Waals surface area contributed by atoms with Gasteiger partial charge in [-0.05, 0) is 18.6 Å². The second-order valence-electron chi connectivity index (χ2n) is 5.36. The van der Waals surface area contributed by atoms with Crippen molar-refractivity contribution in [2.75, 3.05) is 13.1 Å². The van der Waals surface area contributed by atoms with Crippen molar-refractivity contribution in [1.29, 1.82) is 0 Å². The molecule has 0 bridgehead atoms. The summed E-state index contributed by atoms with van der Waals surface area (Å²) < 4.78 is 7.75. The number of amides is 1. The van der Waals surface area contributed by atoms with Crippen molar-refractivity contribution < 1.29 is 9.53 Å². The predicted octanol–water partition coefficient (Wildman–Crippen LogP) is 0.659. The third-order valence-electron chi connectivity index (χ3n) is 4.14. The molecule has 0 radical (unpaired) electrons. The summed E-state index contributed by atoms with van der Waals surface area (Å²) in [6, 6.07) is 3.54. The number of hydrogen-bond donors (Lipinski definition) is 0. The van der Waals surface area contributed by atoms with Crippen LogP contribution in [0, 0.1) is 0 Å². The van der Waals surface area contributed by atoms with Gasteiger partial charge in [-0.2, -0.15) is 0 Å². The van der Waals surface area contributed by atoms with Gasteiger partial charge >= 0.3 is 0 Å². The third kappa shape index (κ3) is 2.09. The summed E-state index contributed by atoms with van der Waals surface area (Å²) in [4.78, 5) is 18.3. The monoisotopic (exact) mass is 285 g/mol. The number of carbonyl (C=O) groups is 1. The van der Waals surface area contributed by atoms with E-state index in [1.807, 2.05) is 9.58 Å². The van der Waals surface area contributed by atoms with Gasteiger partial charge in [0.05, 0.1) is 30.6 Å². The quantitative estimate of drug-likeness (QED) is 0.769. The van der Waals surface area contributed by atoms with Crippen LogP contribution < -0.4 is 0 Å². The molecule has 21 heavy (non-hydrogen) atoms. The van der Waals surface area contributed by atoms with Gasteiger partial charge in [-0.15, -0.1) is 5.10 Å².